The van der Waals surface area contributed by atoms with Crippen LogP contribution in [-0.2, 0) is 14.3 Å². The SMILES string of the molecule is COCC(=O)NCC1C=C(C)C(CC(=O)Nc2ccccn2)CC1C(C)C. The van der Waals surface area contributed by atoms with Gasteiger partial charge in [0, 0.05) is 26.3 Å². The van der Waals surface area contributed by atoms with Crippen LogP contribution in [0.5, 0.6) is 0 Å². The van der Waals surface area contributed by atoms with Crippen molar-refractivity contribution >= 4 is 17.6 Å². The largest absolute Gasteiger partial charge is 0.375 e. The fourth-order valence-electron chi connectivity index (χ4n) is 3.78. The zero-order valence-corrected chi connectivity index (χ0v) is 16.7. The first kappa shape index (κ1) is 21.1. The normalized spacial score (nSPS) is 22.3. The van der Waals surface area contributed by atoms with Crippen LogP contribution < -0.4 is 10.6 Å². The summed E-state index contributed by atoms with van der Waals surface area (Å²) in [4.78, 5) is 28.3. The molecular weight excluding hydrogens is 342 g/mol. The van der Waals surface area contributed by atoms with Gasteiger partial charge in [0.05, 0.1) is 0 Å². The van der Waals surface area contributed by atoms with Gasteiger partial charge in [-0.2, -0.15) is 0 Å². The van der Waals surface area contributed by atoms with Crippen LogP contribution in [0.1, 0.15) is 33.6 Å². The number of carbonyl (C=O) groups is 2. The highest BCUT2D eigenvalue weighted by molar-refractivity contribution is 5.90. The third kappa shape index (κ3) is 6.47. The minimum absolute atomic E-state index is 0.0131. The maximum atomic E-state index is 12.4. The lowest BCUT2D eigenvalue weighted by atomic mass is 9.69. The molecule has 0 bridgehead atoms. The molecule has 0 fully saturated rings. The molecule has 6 heteroatoms. The van der Waals surface area contributed by atoms with Crippen molar-refractivity contribution in [1.82, 2.24) is 10.3 Å². The number of hydrogen-bond acceptors (Lipinski definition) is 4. The molecule has 1 aliphatic rings. The van der Waals surface area contributed by atoms with E-state index in [1.165, 1.54) is 12.7 Å². The van der Waals surface area contributed by atoms with Gasteiger partial charge in [0.2, 0.25) is 11.8 Å². The summed E-state index contributed by atoms with van der Waals surface area (Å²) in [6.07, 6.45) is 5.30. The average Bonchev–Trinajstić information content (AvgIpc) is 2.62. The van der Waals surface area contributed by atoms with Crippen LogP contribution in [0, 0.1) is 23.7 Å². The van der Waals surface area contributed by atoms with Crippen LogP contribution in [0.2, 0.25) is 0 Å². The summed E-state index contributed by atoms with van der Waals surface area (Å²) in [5, 5.41) is 5.82. The summed E-state index contributed by atoms with van der Waals surface area (Å²) in [7, 11) is 1.52. The number of nitrogens with one attached hydrogen (secondary N) is 2. The number of ether oxygens (including phenoxy) is 1. The van der Waals surface area contributed by atoms with Crippen LogP contribution in [0.3, 0.4) is 0 Å². The van der Waals surface area contributed by atoms with Crippen LogP contribution in [0.15, 0.2) is 36.0 Å². The molecule has 2 N–H and O–H groups in total. The standard InChI is InChI=1S/C21H31N3O3/c1-14(2)18-10-16(11-20(25)24-19-7-5-6-8-22-19)15(3)9-17(18)12-23-21(26)13-27-4/h5-9,14,16-18H,10-13H2,1-4H3,(H,23,26)(H,22,24,25). The van der Waals surface area contributed by atoms with E-state index < -0.39 is 0 Å². The van der Waals surface area contributed by atoms with Crippen molar-refractivity contribution in [2.24, 2.45) is 23.7 Å². The molecule has 2 rings (SSSR count). The lowest BCUT2D eigenvalue weighted by Gasteiger charge is -2.37. The highest BCUT2D eigenvalue weighted by Gasteiger charge is 2.32. The summed E-state index contributed by atoms with van der Waals surface area (Å²) in [5.41, 5.74) is 1.22. The van der Waals surface area contributed by atoms with Gasteiger partial charge in [-0.3, -0.25) is 9.59 Å². The number of hydrogen-bond donors (Lipinski definition) is 2. The third-order valence-corrected chi connectivity index (χ3v) is 5.26. The fraction of sp³-hybridized carbons (Fsp3) is 0.571. The number of methoxy groups -OCH3 is 1. The monoisotopic (exact) mass is 373 g/mol. The van der Waals surface area contributed by atoms with Gasteiger partial charge >= 0.3 is 0 Å². The molecule has 0 aliphatic heterocycles. The molecule has 1 aromatic heterocycles. The molecule has 3 atom stereocenters. The Bertz CT molecular complexity index is 658. The van der Waals surface area contributed by atoms with Gasteiger partial charge in [-0.05, 0) is 49.1 Å². The summed E-state index contributed by atoms with van der Waals surface area (Å²) in [5.74, 6) is 1.86. The van der Waals surface area contributed by atoms with Crippen molar-refractivity contribution in [1.29, 1.82) is 0 Å². The van der Waals surface area contributed by atoms with E-state index in [2.05, 4.69) is 42.5 Å². The molecule has 0 radical (unpaired) electrons. The van der Waals surface area contributed by atoms with E-state index in [1.807, 2.05) is 12.1 Å². The number of nitrogens with zero attached hydrogens (tertiary/aromatic N) is 1. The second-order valence-corrected chi connectivity index (χ2v) is 7.62. The zero-order valence-electron chi connectivity index (χ0n) is 16.7. The highest BCUT2D eigenvalue weighted by Crippen LogP contribution is 2.38. The molecule has 27 heavy (non-hydrogen) atoms. The van der Waals surface area contributed by atoms with Gasteiger partial charge in [0.25, 0.3) is 0 Å². The lowest BCUT2D eigenvalue weighted by Crippen LogP contribution is -2.38. The second-order valence-electron chi connectivity index (χ2n) is 7.62. The van der Waals surface area contributed by atoms with Crippen LogP contribution in [0.4, 0.5) is 5.82 Å². The number of aromatic nitrogens is 1. The Hall–Kier alpha value is -2.21. The van der Waals surface area contributed by atoms with Gasteiger partial charge in [-0.25, -0.2) is 4.98 Å². The Morgan fingerprint density at radius 3 is 2.70 bits per heavy atom. The second kappa shape index (κ2) is 10.2. The van der Waals surface area contributed by atoms with Crippen molar-refractivity contribution in [3.63, 3.8) is 0 Å². The molecular formula is C21H31N3O3. The molecule has 6 nitrogen and oxygen atoms in total. The van der Waals surface area contributed by atoms with E-state index in [9.17, 15) is 9.59 Å². The molecule has 0 spiro atoms. The van der Waals surface area contributed by atoms with E-state index in [-0.39, 0.29) is 30.3 Å². The fourth-order valence-corrected chi connectivity index (χ4v) is 3.78. The van der Waals surface area contributed by atoms with Crippen LogP contribution in [-0.4, -0.2) is 37.1 Å². The Labute approximate surface area is 161 Å². The molecule has 148 valence electrons. The van der Waals surface area contributed by atoms with Gasteiger partial charge in [0.1, 0.15) is 12.4 Å². The van der Waals surface area contributed by atoms with Crippen LogP contribution in [0.25, 0.3) is 0 Å². The topological polar surface area (TPSA) is 80.3 Å². The first-order valence-corrected chi connectivity index (χ1v) is 9.55. The summed E-state index contributed by atoms with van der Waals surface area (Å²) in [6, 6.07) is 5.46. The Kier molecular flexibility index (Phi) is 7.98. The van der Waals surface area contributed by atoms with Gasteiger partial charge < -0.3 is 15.4 Å². The lowest BCUT2D eigenvalue weighted by molar-refractivity contribution is -0.125. The predicted octanol–water partition coefficient (Wildman–Crippen LogP) is 3.03. The summed E-state index contributed by atoms with van der Waals surface area (Å²) < 4.78 is 4.87. The molecule has 1 aromatic rings. The summed E-state index contributed by atoms with van der Waals surface area (Å²) in [6.45, 7) is 7.18. The van der Waals surface area contributed by atoms with E-state index >= 15 is 0 Å². The van der Waals surface area contributed by atoms with Crippen molar-refractivity contribution < 1.29 is 14.3 Å². The predicted molar refractivity (Wildman–Crippen MR) is 106 cm³/mol. The number of pyridine rings is 1. The van der Waals surface area contributed by atoms with Gasteiger partial charge in [-0.1, -0.05) is 31.6 Å². The molecule has 3 unspecified atom stereocenters. The minimum atomic E-state index is -0.0945. The van der Waals surface area contributed by atoms with E-state index in [4.69, 9.17) is 4.74 Å². The van der Waals surface area contributed by atoms with Crippen molar-refractivity contribution in [2.75, 3.05) is 25.6 Å². The minimum Gasteiger partial charge on any atom is -0.375 e. The Morgan fingerprint density at radius 1 is 1.30 bits per heavy atom. The maximum Gasteiger partial charge on any atom is 0.246 e. The first-order valence-electron chi connectivity index (χ1n) is 9.55. The van der Waals surface area contributed by atoms with E-state index in [1.54, 1.807) is 12.3 Å². The first-order chi connectivity index (χ1) is 12.9. The molecule has 0 aromatic carbocycles. The highest BCUT2D eigenvalue weighted by atomic mass is 16.5. The van der Waals surface area contributed by atoms with Crippen LogP contribution >= 0.6 is 0 Å². The van der Waals surface area contributed by atoms with E-state index in [0.717, 1.165) is 6.42 Å². The Morgan fingerprint density at radius 2 is 2.07 bits per heavy atom. The zero-order chi connectivity index (χ0) is 19.8. The molecule has 0 saturated carbocycles. The quantitative estimate of drug-likeness (QED) is 0.687. The maximum absolute atomic E-state index is 12.4. The molecule has 1 heterocycles. The number of allylic oxidation sites excluding steroid dienone is 1. The Balaban J connectivity index is 1.99. The number of amides is 2. The van der Waals surface area contributed by atoms with E-state index in [0.29, 0.717) is 30.6 Å². The third-order valence-electron chi connectivity index (χ3n) is 5.26. The van der Waals surface area contributed by atoms with Crippen molar-refractivity contribution in [3.8, 4) is 0 Å². The molecule has 0 saturated heterocycles. The number of carbonyl (C=O) groups excluding carboxylic acids is 2. The number of rotatable bonds is 8. The average molecular weight is 373 g/mol. The van der Waals surface area contributed by atoms with Gasteiger partial charge in [0.15, 0.2) is 0 Å². The molecule has 1 aliphatic carbocycles. The smallest absolute Gasteiger partial charge is 0.246 e. The van der Waals surface area contributed by atoms with Crippen molar-refractivity contribution in [2.45, 2.75) is 33.6 Å². The van der Waals surface area contributed by atoms with Crippen molar-refractivity contribution in [3.05, 3.63) is 36.0 Å². The number of anilines is 1. The van der Waals surface area contributed by atoms with Gasteiger partial charge in [-0.15, -0.1) is 0 Å². The molecule has 2 amide bonds. The summed E-state index contributed by atoms with van der Waals surface area (Å²) >= 11 is 0.